The first-order valence-electron chi connectivity index (χ1n) is 5.66. The number of ether oxygens (including phenoxy) is 2. The molecule has 3 N–H and O–H groups in total. The fourth-order valence-corrected chi connectivity index (χ4v) is 1.89. The molecule has 0 spiro atoms. The Morgan fingerprint density at radius 2 is 1.75 bits per heavy atom. The van der Waals surface area contributed by atoms with E-state index < -0.39 is 0 Å². The Kier molecular flexibility index (Phi) is 4.37. The van der Waals surface area contributed by atoms with Crippen molar-refractivity contribution in [2.24, 2.45) is 5.73 Å². The standard InChI is InChI=1S/C14H12Cl2N2O2/c1-19-8-2-4-10(14(17)18)13(7-8)20-9-3-5-11(15)12(16)6-9/h2-7H,1H3,(H3,17,18). The molecular weight excluding hydrogens is 299 g/mol. The van der Waals surface area contributed by atoms with Gasteiger partial charge in [0, 0.05) is 12.1 Å². The van der Waals surface area contributed by atoms with Gasteiger partial charge in [0.1, 0.15) is 23.1 Å². The number of benzene rings is 2. The Morgan fingerprint density at radius 3 is 2.35 bits per heavy atom. The van der Waals surface area contributed by atoms with Crippen LogP contribution in [0.25, 0.3) is 0 Å². The van der Waals surface area contributed by atoms with Crippen LogP contribution in [-0.2, 0) is 0 Å². The van der Waals surface area contributed by atoms with E-state index in [0.717, 1.165) is 0 Å². The first kappa shape index (κ1) is 14.5. The Balaban J connectivity index is 2.40. The third kappa shape index (κ3) is 3.15. The summed E-state index contributed by atoms with van der Waals surface area (Å²) in [6, 6.07) is 9.92. The molecule has 0 fully saturated rings. The summed E-state index contributed by atoms with van der Waals surface area (Å²) in [5, 5.41) is 8.38. The van der Waals surface area contributed by atoms with Crippen LogP contribution in [-0.4, -0.2) is 12.9 Å². The average Bonchev–Trinajstić information content (AvgIpc) is 2.42. The third-order valence-electron chi connectivity index (χ3n) is 2.60. The zero-order chi connectivity index (χ0) is 14.7. The van der Waals surface area contributed by atoms with Crippen LogP contribution < -0.4 is 15.2 Å². The molecule has 6 heteroatoms. The third-order valence-corrected chi connectivity index (χ3v) is 3.34. The maximum atomic E-state index is 7.56. The molecule has 0 amide bonds. The van der Waals surface area contributed by atoms with Crippen molar-refractivity contribution < 1.29 is 9.47 Å². The van der Waals surface area contributed by atoms with Gasteiger partial charge in [-0.05, 0) is 24.3 Å². The minimum absolute atomic E-state index is 0.0947. The zero-order valence-electron chi connectivity index (χ0n) is 10.6. The molecule has 0 aliphatic carbocycles. The molecule has 104 valence electrons. The second-order valence-corrected chi connectivity index (χ2v) is 4.77. The lowest BCUT2D eigenvalue weighted by atomic mass is 10.1. The van der Waals surface area contributed by atoms with E-state index in [0.29, 0.717) is 32.9 Å². The molecule has 0 saturated heterocycles. The number of hydrogen-bond donors (Lipinski definition) is 2. The van der Waals surface area contributed by atoms with Crippen molar-refractivity contribution in [1.29, 1.82) is 5.41 Å². The topological polar surface area (TPSA) is 68.3 Å². The fourth-order valence-electron chi connectivity index (χ4n) is 1.60. The van der Waals surface area contributed by atoms with Crippen LogP contribution in [0.2, 0.25) is 10.0 Å². The van der Waals surface area contributed by atoms with Crippen molar-refractivity contribution in [2.45, 2.75) is 0 Å². The highest BCUT2D eigenvalue weighted by Gasteiger charge is 2.10. The largest absolute Gasteiger partial charge is 0.497 e. The lowest BCUT2D eigenvalue weighted by Crippen LogP contribution is -2.12. The highest BCUT2D eigenvalue weighted by Crippen LogP contribution is 2.32. The van der Waals surface area contributed by atoms with Gasteiger partial charge in [-0.3, -0.25) is 5.41 Å². The summed E-state index contributed by atoms with van der Waals surface area (Å²) in [5.41, 5.74) is 6.00. The minimum atomic E-state index is -0.0947. The van der Waals surface area contributed by atoms with Crippen LogP contribution in [0.1, 0.15) is 5.56 Å². The summed E-state index contributed by atoms with van der Waals surface area (Å²) >= 11 is 11.8. The van der Waals surface area contributed by atoms with Crippen LogP contribution >= 0.6 is 23.2 Å². The Bertz CT molecular complexity index is 660. The molecule has 2 aromatic rings. The monoisotopic (exact) mass is 310 g/mol. The SMILES string of the molecule is COc1ccc(C(=N)N)c(Oc2ccc(Cl)c(Cl)c2)c1. The summed E-state index contributed by atoms with van der Waals surface area (Å²) in [6.45, 7) is 0. The average molecular weight is 311 g/mol. The molecule has 0 unspecified atom stereocenters. The molecule has 2 aromatic carbocycles. The molecule has 0 radical (unpaired) electrons. The van der Waals surface area contributed by atoms with Crippen molar-refractivity contribution >= 4 is 29.0 Å². The van der Waals surface area contributed by atoms with Gasteiger partial charge in [-0.15, -0.1) is 0 Å². The summed E-state index contributed by atoms with van der Waals surface area (Å²) in [5.74, 6) is 1.41. The molecule has 0 atom stereocenters. The van der Waals surface area contributed by atoms with Crippen LogP contribution in [0.3, 0.4) is 0 Å². The summed E-state index contributed by atoms with van der Waals surface area (Å²) < 4.78 is 10.8. The zero-order valence-corrected chi connectivity index (χ0v) is 12.1. The molecule has 0 aromatic heterocycles. The van der Waals surface area contributed by atoms with E-state index in [1.807, 2.05) is 0 Å². The van der Waals surface area contributed by atoms with E-state index in [9.17, 15) is 0 Å². The molecule has 20 heavy (non-hydrogen) atoms. The summed E-state index contributed by atoms with van der Waals surface area (Å²) in [7, 11) is 1.55. The van der Waals surface area contributed by atoms with E-state index in [1.165, 1.54) is 0 Å². The molecule has 0 bridgehead atoms. The Morgan fingerprint density at radius 1 is 1.05 bits per heavy atom. The number of nitrogens with two attached hydrogens (primary N) is 1. The van der Waals surface area contributed by atoms with Gasteiger partial charge < -0.3 is 15.2 Å². The Labute approximate surface area is 126 Å². The van der Waals surface area contributed by atoms with Gasteiger partial charge in [0.05, 0.1) is 22.7 Å². The predicted molar refractivity (Wildman–Crippen MR) is 80.5 cm³/mol. The van der Waals surface area contributed by atoms with Gasteiger partial charge >= 0.3 is 0 Å². The normalized spacial score (nSPS) is 10.2. The number of amidine groups is 1. The van der Waals surface area contributed by atoms with Crippen LogP contribution in [0.5, 0.6) is 17.2 Å². The van der Waals surface area contributed by atoms with Gasteiger partial charge in [-0.2, -0.15) is 0 Å². The van der Waals surface area contributed by atoms with Crippen molar-refractivity contribution in [3.05, 3.63) is 52.0 Å². The molecule has 0 aliphatic heterocycles. The van der Waals surface area contributed by atoms with E-state index in [-0.39, 0.29) is 5.84 Å². The minimum Gasteiger partial charge on any atom is -0.497 e. The maximum absolute atomic E-state index is 7.56. The smallest absolute Gasteiger partial charge is 0.142 e. The lowest BCUT2D eigenvalue weighted by molar-refractivity contribution is 0.409. The highest BCUT2D eigenvalue weighted by atomic mass is 35.5. The first-order chi connectivity index (χ1) is 9.51. The first-order valence-corrected chi connectivity index (χ1v) is 6.42. The maximum Gasteiger partial charge on any atom is 0.142 e. The van der Waals surface area contributed by atoms with Gasteiger partial charge in [0.2, 0.25) is 0 Å². The van der Waals surface area contributed by atoms with Crippen LogP contribution in [0.15, 0.2) is 36.4 Å². The van der Waals surface area contributed by atoms with E-state index >= 15 is 0 Å². The van der Waals surface area contributed by atoms with Gasteiger partial charge in [-0.25, -0.2) is 0 Å². The summed E-state index contributed by atoms with van der Waals surface area (Å²) in [6.07, 6.45) is 0. The van der Waals surface area contributed by atoms with Gasteiger partial charge in [-0.1, -0.05) is 23.2 Å². The molecule has 0 saturated carbocycles. The number of nitrogen functional groups attached to an aromatic ring is 1. The number of halogens is 2. The van der Waals surface area contributed by atoms with Crippen molar-refractivity contribution in [2.75, 3.05) is 7.11 Å². The number of methoxy groups -OCH3 is 1. The summed E-state index contributed by atoms with van der Waals surface area (Å²) in [4.78, 5) is 0. The van der Waals surface area contributed by atoms with Crippen molar-refractivity contribution in [3.8, 4) is 17.2 Å². The Hall–Kier alpha value is -1.91. The van der Waals surface area contributed by atoms with E-state index in [2.05, 4.69) is 0 Å². The second-order valence-electron chi connectivity index (χ2n) is 3.95. The van der Waals surface area contributed by atoms with E-state index in [4.69, 9.17) is 43.8 Å². The number of rotatable bonds is 4. The number of nitrogens with one attached hydrogen (secondary N) is 1. The molecule has 0 aliphatic rings. The van der Waals surface area contributed by atoms with Gasteiger partial charge in [0.25, 0.3) is 0 Å². The van der Waals surface area contributed by atoms with Crippen LogP contribution in [0, 0.1) is 5.41 Å². The quantitative estimate of drug-likeness (QED) is 0.660. The van der Waals surface area contributed by atoms with E-state index in [1.54, 1.807) is 43.5 Å². The lowest BCUT2D eigenvalue weighted by Gasteiger charge is -2.12. The fraction of sp³-hybridized carbons (Fsp3) is 0.0714. The van der Waals surface area contributed by atoms with Gasteiger partial charge in [0.15, 0.2) is 0 Å². The molecule has 4 nitrogen and oxygen atoms in total. The van der Waals surface area contributed by atoms with Crippen LogP contribution in [0.4, 0.5) is 0 Å². The molecule has 0 heterocycles. The predicted octanol–water partition coefficient (Wildman–Crippen LogP) is 4.08. The van der Waals surface area contributed by atoms with Crippen molar-refractivity contribution in [3.63, 3.8) is 0 Å². The highest BCUT2D eigenvalue weighted by molar-refractivity contribution is 6.42. The molecule has 2 rings (SSSR count). The molecular formula is C14H12Cl2N2O2. The number of hydrogen-bond acceptors (Lipinski definition) is 3. The second kappa shape index (κ2) is 6.03. The van der Waals surface area contributed by atoms with Crippen molar-refractivity contribution in [1.82, 2.24) is 0 Å².